The summed E-state index contributed by atoms with van der Waals surface area (Å²) in [6.07, 6.45) is 2.77. The molecule has 2 aliphatic rings. The van der Waals surface area contributed by atoms with Gasteiger partial charge in [-0.15, -0.1) is 0 Å². The van der Waals surface area contributed by atoms with Gasteiger partial charge in [0.05, 0.1) is 17.1 Å². The van der Waals surface area contributed by atoms with E-state index in [0.717, 1.165) is 25.2 Å². The number of sulfonamides is 1. The van der Waals surface area contributed by atoms with Crippen LogP contribution in [0.4, 0.5) is 5.69 Å². The summed E-state index contributed by atoms with van der Waals surface area (Å²) < 4.78 is 34.1. The normalized spacial score (nSPS) is 18.1. The molecule has 2 heterocycles. The van der Waals surface area contributed by atoms with E-state index in [9.17, 15) is 13.2 Å². The summed E-state index contributed by atoms with van der Waals surface area (Å²) >= 11 is 6.17. The number of fused-ring (bicyclic) bond motifs is 1. The van der Waals surface area contributed by atoms with Crippen LogP contribution in [0.25, 0.3) is 0 Å². The lowest BCUT2D eigenvalue weighted by molar-refractivity contribution is -0.127. The molecule has 5 rings (SSSR count). The number of halogens is 1. The number of carbonyl (C=O) groups excluding carboxylic acids is 1. The van der Waals surface area contributed by atoms with Gasteiger partial charge in [0.1, 0.15) is 5.75 Å². The Labute approximate surface area is 223 Å². The van der Waals surface area contributed by atoms with Crippen LogP contribution < -0.4 is 14.4 Å². The number of piperidine rings is 1. The standard InChI is InChI=1S/C28H30ClN3O4S/c29-23-12-13-26-25(17-23)32(37(34,35)24-10-3-1-4-11-24)20-27(36-26)28(33)30-18-21-8-7-9-22(16-21)19-31-14-5-2-6-15-31/h1,3-4,7-13,16-17,27H,2,5-6,14-15,18-20H2,(H,30,33). The molecule has 37 heavy (non-hydrogen) atoms. The molecule has 9 heteroatoms. The van der Waals surface area contributed by atoms with Crippen molar-refractivity contribution < 1.29 is 17.9 Å². The van der Waals surface area contributed by atoms with Crippen molar-refractivity contribution in [2.45, 2.75) is 43.4 Å². The molecule has 0 saturated carbocycles. The number of rotatable bonds is 7. The smallest absolute Gasteiger partial charge is 0.264 e. The van der Waals surface area contributed by atoms with E-state index in [0.29, 0.717) is 23.0 Å². The van der Waals surface area contributed by atoms with Gasteiger partial charge in [-0.25, -0.2) is 8.42 Å². The Morgan fingerprint density at radius 1 is 0.946 bits per heavy atom. The zero-order valence-corrected chi connectivity index (χ0v) is 22.0. The minimum Gasteiger partial charge on any atom is -0.476 e. The molecule has 0 aliphatic carbocycles. The molecule has 1 fully saturated rings. The van der Waals surface area contributed by atoms with Crippen LogP contribution in [0, 0.1) is 0 Å². The van der Waals surface area contributed by atoms with Crippen LogP contribution in [-0.2, 0) is 27.9 Å². The van der Waals surface area contributed by atoms with Gasteiger partial charge < -0.3 is 10.1 Å². The quantitative estimate of drug-likeness (QED) is 0.475. The highest BCUT2D eigenvalue weighted by Gasteiger charge is 2.37. The van der Waals surface area contributed by atoms with Gasteiger partial charge in [0, 0.05) is 18.1 Å². The van der Waals surface area contributed by atoms with Crippen molar-refractivity contribution in [2.75, 3.05) is 23.9 Å². The average molecular weight is 540 g/mol. The summed E-state index contributed by atoms with van der Waals surface area (Å²) in [5.74, 6) is -0.0888. The fraction of sp³-hybridized carbons (Fsp3) is 0.321. The molecule has 0 spiro atoms. The molecule has 2 aliphatic heterocycles. The van der Waals surface area contributed by atoms with Gasteiger partial charge in [-0.2, -0.15) is 0 Å². The Kier molecular flexibility index (Phi) is 7.69. The maximum Gasteiger partial charge on any atom is 0.264 e. The molecular weight excluding hydrogens is 510 g/mol. The molecule has 7 nitrogen and oxygen atoms in total. The van der Waals surface area contributed by atoms with E-state index in [4.69, 9.17) is 16.3 Å². The number of anilines is 1. The third-order valence-electron chi connectivity index (χ3n) is 6.73. The first kappa shape index (κ1) is 25.6. The van der Waals surface area contributed by atoms with Crippen LogP contribution in [0.5, 0.6) is 5.75 Å². The van der Waals surface area contributed by atoms with Crippen molar-refractivity contribution >= 4 is 33.2 Å². The largest absolute Gasteiger partial charge is 0.476 e. The van der Waals surface area contributed by atoms with Crippen LogP contribution in [0.15, 0.2) is 77.7 Å². The first-order chi connectivity index (χ1) is 17.9. The molecule has 1 atom stereocenters. The summed E-state index contributed by atoms with van der Waals surface area (Å²) in [7, 11) is -3.94. The second kappa shape index (κ2) is 11.1. The number of hydrogen-bond donors (Lipinski definition) is 1. The maximum absolute atomic E-state index is 13.5. The van der Waals surface area contributed by atoms with Gasteiger partial charge in [0.2, 0.25) is 0 Å². The lowest BCUT2D eigenvalue weighted by atomic mass is 10.1. The molecule has 1 unspecified atom stereocenters. The van der Waals surface area contributed by atoms with Gasteiger partial charge in [0.15, 0.2) is 6.10 Å². The fourth-order valence-electron chi connectivity index (χ4n) is 4.83. The summed E-state index contributed by atoms with van der Waals surface area (Å²) in [5.41, 5.74) is 2.51. The zero-order chi connectivity index (χ0) is 25.8. The molecule has 1 amide bonds. The first-order valence-electron chi connectivity index (χ1n) is 12.5. The minimum absolute atomic E-state index is 0.132. The van der Waals surface area contributed by atoms with Crippen molar-refractivity contribution in [2.24, 2.45) is 0 Å². The molecule has 1 N–H and O–H groups in total. The van der Waals surface area contributed by atoms with Gasteiger partial charge in [-0.05, 0) is 67.4 Å². The van der Waals surface area contributed by atoms with Crippen LogP contribution in [0.1, 0.15) is 30.4 Å². The maximum atomic E-state index is 13.5. The number of ether oxygens (including phenoxy) is 1. The average Bonchev–Trinajstić information content (AvgIpc) is 2.92. The molecular formula is C28H30ClN3O4S. The van der Waals surface area contributed by atoms with Gasteiger partial charge in [0.25, 0.3) is 15.9 Å². The Bertz CT molecular complexity index is 1360. The van der Waals surface area contributed by atoms with E-state index >= 15 is 0 Å². The Morgan fingerprint density at radius 2 is 1.70 bits per heavy atom. The molecule has 3 aromatic rings. The van der Waals surface area contributed by atoms with Gasteiger partial charge in [-0.3, -0.25) is 14.0 Å². The number of benzene rings is 3. The van der Waals surface area contributed by atoms with E-state index < -0.39 is 16.1 Å². The highest BCUT2D eigenvalue weighted by molar-refractivity contribution is 7.92. The second-order valence-electron chi connectivity index (χ2n) is 9.44. The monoisotopic (exact) mass is 539 g/mol. The lowest BCUT2D eigenvalue weighted by Gasteiger charge is -2.34. The highest BCUT2D eigenvalue weighted by Crippen LogP contribution is 2.38. The van der Waals surface area contributed by atoms with Crippen LogP contribution in [0.3, 0.4) is 0 Å². The van der Waals surface area contributed by atoms with E-state index in [-0.39, 0.29) is 17.3 Å². The summed E-state index contributed by atoms with van der Waals surface area (Å²) in [6.45, 7) is 3.31. The van der Waals surface area contributed by atoms with Crippen LogP contribution >= 0.6 is 11.6 Å². The van der Waals surface area contributed by atoms with E-state index in [1.807, 2.05) is 12.1 Å². The van der Waals surface area contributed by atoms with Crippen LogP contribution in [0.2, 0.25) is 5.02 Å². The molecule has 0 radical (unpaired) electrons. The predicted octanol–water partition coefficient (Wildman–Crippen LogP) is 4.60. The fourth-order valence-corrected chi connectivity index (χ4v) is 6.48. The van der Waals surface area contributed by atoms with Gasteiger partial charge in [-0.1, -0.05) is 60.5 Å². The topological polar surface area (TPSA) is 79.0 Å². The van der Waals surface area contributed by atoms with Crippen molar-refractivity contribution in [3.63, 3.8) is 0 Å². The highest BCUT2D eigenvalue weighted by atomic mass is 35.5. The number of nitrogens with zero attached hydrogens (tertiary/aromatic N) is 2. The molecule has 3 aromatic carbocycles. The van der Waals surface area contributed by atoms with Crippen molar-refractivity contribution in [1.82, 2.24) is 10.2 Å². The third-order valence-corrected chi connectivity index (χ3v) is 8.76. The molecule has 194 valence electrons. The number of likely N-dealkylation sites (tertiary alicyclic amines) is 1. The third kappa shape index (κ3) is 5.92. The second-order valence-corrected chi connectivity index (χ2v) is 11.7. The lowest BCUT2D eigenvalue weighted by Crippen LogP contribution is -2.50. The van der Waals surface area contributed by atoms with Crippen molar-refractivity contribution in [1.29, 1.82) is 0 Å². The molecule has 1 saturated heterocycles. The number of hydrogen-bond acceptors (Lipinski definition) is 5. The van der Waals surface area contributed by atoms with Crippen molar-refractivity contribution in [3.05, 3.63) is 88.9 Å². The summed E-state index contributed by atoms with van der Waals surface area (Å²) in [4.78, 5) is 15.8. The Balaban J connectivity index is 1.30. The number of nitrogens with one attached hydrogen (secondary N) is 1. The molecule has 0 bridgehead atoms. The van der Waals surface area contributed by atoms with E-state index in [2.05, 4.69) is 22.3 Å². The SMILES string of the molecule is O=C(NCc1cccc(CN2CCCCC2)c1)C1CN(S(=O)(=O)c2ccccc2)c2cc(Cl)ccc2O1. The minimum atomic E-state index is -3.94. The van der Waals surface area contributed by atoms with E-state index in [1.54, 1.807) is 36.4 Å². The Hall–Kier alpha value is -3.07. The Morgan fingerprint density at radius 3 is 2.49 bits per heavy atom. The van der Waals surface area contributed by atoms with Gasteiger partial charge >= 0.3 is 0 Å². The molecule has 0 aromatic heterocycles. The summed E-state index contributed by atoms with van der Waals surface area (Å²) in [5, 5.41) is 3.31. The predicted molar refractivity (Wildman–Crippen MR) is 144 cm³/mol. The summed E-state index contributed by atoms with van der Waals surface area (Å²) in [6, 6.07) is 21.1. The van der Waals surface area contributed by atoms with E-state index in [1.165, 1.54) is 41.3 Å². The number of carbonyl (C=O) groups is 1. The number of amides is 1. The zero-order valence-electron chi connectivity index (χ0n) is 20.5. The van der Waals surface area contributed by atoms with Crippen LogP contribution in [-0.4, -0.2) is 45.0 Å². The first-order valence-corrected chi connectivity index (χ1v) is 14.3. The van der Waals surface area contributed by atoms with Crippen molar-refractivity contribution in [3.8, 4) is 5.75 Å².